The van der Waals surface area contributed by atoms with Crippen molar-refractivity contribution in [3.05, 3.63) is 28.9 Å². The number of halogens is 3. The zero-order valence-electron chi connectivity index (χ0n) is 15.9. The normalized spacial score (nSPS) is 11.4. The smallest absolute Gasteiger partial charge is 0.272 e. The van der Waals surface area contributed by atoms with Crippen molar-refractivity contribution in [3.8, 4) is 23.6 Å². The molecule has 0 aliphatic heterocycles. The molecule has 10 nitrogen and oxygen atoms in total. The first-order chi connectivity index (χ1) is 14.7. The van der Waals surface area contributed by atoms with Gasteiger partial charge in [0.15, 0.2) is 0 Å². The van der Waals surface area contributed by atoms with E-state index >= 15 is 0 Å². The molecule has 164 valence electrons. The average molecular weight is 474 g/mol. The molecule has 0 unspecified atom stereocenters. The van der Waals surface area contributed by atoms with E-state index in [0.29, 0.717) is 0 Å². The monoisotopic (exact) mass is 473 g/mol. The maximum Gasteiger partial charge on any atom is 0.272 e. The van der Waals surface area contributed by atoms with Gasteiger partial charge in [-0.05, 0) is 12.1 Å². The number of nitriles is 1. The first-order valence-electron chi connectivity index (χ1n) is 8.35. The van der Waals surface area contributed by atoms with Crippen LogP contribution < -0.4 is 18.9 Å². The molecule has 0 saturated carbocycles. The number of benzene rings is 1. The van der Waals surface area contributed by atoms with E-state index in [4.69, 9.17) is 25.8 Å². The number of sulfonamides is 1. The Morgan fingerprint density at radius 1 is 1.26 bits per heavy atom. The fourth-order valence-electron chi connectivity index (χ4n) is 2.66. The van der Waals surface area contributed by atoms with Crippen LogP contribution in [0.2, 0.25) is 5.02 Å². The second-order valence-electron chi connectivity index (χ2n) is 5.81. The van der Waals surface area contributed by atoms with Crippen molar-refractivity contribution in [3.63, 3.8) is 0 Å². The summed E-state index contributed by atoms with van der Waals surface area (Å²) < 4.78 is 67.9. The summed E-state index contributed by atoms with van der Waals surface area (Å²) in [4.78, 5) is 10.2. The molecule has 0 amide bonds. The molecule has 0 aliphatic carbocycles. The fourth-order valence-corrected chi connectivity index (χ4v) is 3.97. The Morgan fingerprint density at radius 2 is 1.90 bits per heavy atom. The van der Waals surface area contributed by atoms with Gasteiger partial charge in [-0.15, -0.1) is 0 Å². The van der Waals surface area contributed by atoms with Gasteiger partial charge in [0.1, 0.15) is 17.6 Å². The van der Waals surface area contributed by atoms with Gasteiger partial charge in [-0.2, -0.15) is 15.2 Å². The van der Waals surface area contributed by atoms with Crippen LogP contribution >= 0.6 is 11.6 Å². The molecule has 2 N–H and O–H groups in total. The van der Waals surface area contributed by atoms with E-state index in [1.165, 1.54) is 32.5 Å². The molecule has 0 fully saturated rings. The van der Waals surface area contributed by atoms with Crippen LogP contribution in [0.3, 0.4) is 0 Å². The molecule has 0 aliphatic rings. The number of H-pyrrole nitrogens is 1. The molecule has 0 saturated heterocycles. The number of aromatic nitrogens is 3. The molecule has 2 heterocycles. The SMILES string of the molecule is COc1nc(NS(=O)(=O)c2c[nH]c3c(C#N)c(Cl)ccc23)nc(OC)c1OCC(F)F. The molecule has 3 rings (SSSR count). The summed E-state index contributed by atoms with van der Waals surface area (Å²) in [7, 11) is -1.89. The van der Waals surface area contributed by atoms with Crippen LogP contribution in [0.5, 0.6) is 17.5 Å². The predicted molar refractivity (Wildman–Crippen MR) is 105 cm³/mol. The van der Waals surface area contributed by atoms with Crippen LogP contribution in [0.15, 0.2) is 23.2 Å². The van der Waals surface area contributed by atoms with E-state index in [-0.39, 0.29) is 43.9 Å². The summed E-state index contributed by atoms with van der Waals surface area (Å²) in [6.45, 7) is -0.972. The van der Waals surface area contributed by atoms with Gasteiger partial charge in [-0.3, -0.25) is 0 Å². The van der Waals surface area contributed by atoms with Crippen LogP contribution in [0.1, 0.15) is 5.56 Å². The third kappa shape index (κ3) is 4.39. The Labute approximate surface area is 179 Å². The maximum atomic E-state index is 12.9. The number of nitrogens with one attached hydrogen (secondary N) is 2. The summed E-state index contributed by atoms with van der Waals surface area (Å²) in [6, 6.07) is 4.74. The van der Waals surface area contributed by atoms with E-state index in [1.54, 1.807) is 0 Å². The number of ether oxygens (including phenoxy) is 3. The Morgan fingerprint density at radius 3 is 2.45 bits per heavy atom. The zero-order chi connectivity index (χ0) is 22.8. The van der Waals surface area contributed by atoms with E-state index in [2.05, 4.69) is 19.7 Å². The molecule has 0 bridgehead atoms. The standard InChI is InChI=1S/C17H14ClF2N5O5S/c1-28-15-14(30-7-12(19)20)16(29-2)24-17(23-15)25-31(26,27)11-6-22-13-8(11)3-4-10(18)9(13)5-21/h3-4,6,12,22H,7H2,1-2H3,(H,23,24,25). The van der Waals surface area contributed by atoms with Crippen molar-refractivity contribution < 1.29 is 31.4 Å². The highest BCUT2D eigenvalue weighted by atomic mass is 35.5. The molecule has 0 spiro atoms. The maximum absolute atomic E-state index is 12.9. The molecular formula is C17H14ClF2N5O5S. The zero-order valence-corrected chi connectivity index (χ0v) is 17.5. The van der Waals surface area contributed by atoms with E-state index < -0.39 is 29.0 Å². The van der Waals surface area contributed by atoms with Crippen LogP contribution in [-0.2, 0) is 10.0 Å². The lowest BCUT2D eigenvalue weighted by atomic mass is 10.1. The summed E-state index contributed by atoms with van der Waals surface area (Å²) in [5, 5.41) is 9.63. The Bertz CT molecular complexity index is 1250. The van der Waals surface area contributed by atoms with Crippen LogP contribution in [0.25, 0.3) is 10.9 Å². The van der Waals surface area contributed by atoms with Crippen molar-refractivity contribution >= 4 is 38.5 Å². The second-order valence-corrected chi connectivity index (χ2v) is 7.87. The molecule has 1 aromatic carbocycles. The summed E-state index contributed by atoms with van der Waals surface area (Å²) in [5.74, 6) is -1.40. The van der Waals surface area contributed by atoms with Crippen molar-refractivity contribution in [1.82, 2.24) is 15.0 Å². The summed E-state index contributed by atoms with van der Waals surface area (Å²) in [6.07, 6.45) is -1.60. The lowest BCUT2D eigenvalue weighted by Crippen LogP contribution is -2.16. The van der Waals surface area contributed by atoms with Crippen molar-refractivity contribution in [2.75, 3.05) is 25.5 Å². The van der Waals surface area contributed by atoms with Crippen molar-refractivity contribution in [1.29, 1.82) is 5.26 Å². The van der Waals surface area contributed by atoms with Crippen LogP contribution in [0, 0.1) is 11.3 Å². The second kappa shape index (κ2) is 8.78. The average Bonchev–Trinajstić information content (AvgIpc) is 3.16. The molecule has 0 atom stereocenters. The molecule has 0 radical (unpaired) electrons. The number of anilines is 1. The van der Waals surface area contributed by atoms with E-state index in [0.717, 1.165) is 0 Å². The van der Waals surface area contributed by atoms with Gasteiger partial charge in [0.25, 0.3) is 28.2 Å². The van der Waals surface area contributed by atoms with E-state index in [1.807, 2.05) is 6.07 Å². The van der Waals surface area contributed by atoms with E-state index in [9.17, 15) is 22.5 Å². The number of rotatable bonds is 8. The molecule has 2 aromatic heterocycles. The Kier molecular flexibility index (Phi) is 6.32. The lowest BCUT2D eigenvalue weighted by molar-refractivity contribution is 0.0781. The Balaban J connectivity index is 2.02. The molecule has 14 heteroatoms. The van der Waals surface area contributed by atoms with Crippen molar-refractivity contribution in [2.45, 2.75) is 11.3 Å². The van der Waals surface area contributed by atoms with Gasteiger partial charge in [-0.1, -0.05) is 11.6 Å². The number of aromatic amines is 1. The molecule has 31 heavy (non-hydrogen) atoms. The minimum absolute atomic E-state index is 0.0840. The molecular weight excluding hydrogens is 460 g/mol. The lowest BCUT2D eigenvalue weighted by Gasteiger charge is -2.14. The quantitative estimate of drug-likeness (QED) is 0.509. The topological polar surface area (TPSA) is 139 Å². The van der Waals surface area contributed by atoms with Crippen LogP contribution in [-0.4, -0.2) is 50.6 Å². The van der Waals surface area contributed by atoms with Gasteiger partial charge >= 0.3 is 0 Å². The number of nitrogens with zero attached hydrogens (tertiary/aromatic N) is 3. The minimum Gasteiger partial charge on any atom is -0.478 e. The third-order valence-electron chi connectivity index (χ3n) is 3.94. The van der Waals surface area contributed by atoms with Gasteiger partial charge in [0.05, 0.1) is 30.3 Å². The third-order valence-corrected chi connectivity index (χ3v) is 5.62. The largest absolute Gasteiger partial charge is 0.478 e. The highest BCUT2D eigenvalue weighted by molar-refractivity contribution is 7.93. The molecule has 3 aromatic rings. The van der Waals surface area contributed by atoms with Gasteiger partial charge < -0.3 is 19.2 Å². The summed E-state index contributed by atoms with van der Waals surface area (Å²) in [5.41, 5.74) is 0.322. The first kappa shape index (κ1) is 22.3. The summed E-state index contributed by atoms with van der Waals surface area (Å²) >= 11 is 5.97. The van der Waals surface area contributed by atoms with Crippen molar-refractivity contribution in [2.24, 2.45) is 0 Å². The number of hydrogen-bond donors (Lipinski definition) is 2. The highest BCUT2D eigenvalue weighted by Gasteiger charge is 2.25. The van der Waals surface area contributed by atoms with Gasteiger partial charge in [-0.25, -0.2) is 21.9 Å². The number of methoxy groups -OCH3 is 2. The first-order valence-corrected chi connectivity index (χ1v) is 10.2. The van der Waals surface area contributed by atoms with Gasteiger partial charge in [0.2, 0.25) is 11.7 Å². The minimum atomic E-state index is -4.25. The fraction of sp³-hybridized carbons (Fsp3) is 0.235. The highest BCUT2D eigenvalue weighted by Crippen LogP contribution is 2.36. The number of fused-ring (bicyclic) bond motifs is 1. The Hall–Kier alpha value is -3.37. The number of alkyl halides is 2. The van der Waals surface area contributed by atoms with Gasteiger partial charge in [0, 0.05) is 11.6 Å². The predicted octanol–water partition coefficient (Wildman–Crippen LogP) is 2.94. The van der Waals surface area contributed by atoms with Crippen LogP contribution in [0.4, 0.5) is 14.7 Å². The number of hydrogen-bond acceptors (Lipinski definition) is 8.